The van der Waals surface area contributed by atoms with Gasteiger partial charge in [-0.1, -0.05) is 31.5 Å². The number of aliphatic hydroxyl groups excluding tert-OH is 1. The standard InChI is InChI=1S/C16H25NO2/c1-2-15(14-8-3-4-9-16(14)19)17-10-12-6-5-7-13(12)11-18/h3-4,8-9,12-13,15,17-19H,2,5-7,10-11H2,1H3. The summed E-state index contributed by atoms with van der Waals surface area (Å²) in [4.78, 5) is 0. The maximum atomic E-state index is 9.92. The molecule has 0 radical (unpaired) electrons. The summed E-state index contributed by atoms with van der Waals surface area (Å²) in [5.74, 6) is 1.39. The maximum Gasteiger partial charge on any atom is 0.120 e. The second kappa shape index (κ2) is 6.92. The summed E-state index contributed by atoms with van der Waals surface area (Å²) < 4.78 is 0. The molecule has 3 atom stereocenters. The van der Waals surface area contributed by atoms with Gasteiger partial charge in [0.1, 0.15) is 5.75 Å². The molecule has 0 aromatic heterocycles. The Hall–Kier alpha value is -1.06. The van der Waals surface area contributed by atoms with Crippen LogP contribution in [0.15, 0.2) is 24.3 Å². The van der Waals surface area contributed by atoms with Crippen LogP contribution in [0.3, 0.4) is 0 Å². The van der Waals surface area contributed by atoms with Gasteiger partial charge in [0.2, 0.25) is 0 Å². The van der Waals surface area contributed by atoms with E-state index in [0.29, 0.717) is 24.2 Å². The number of aliphatic hydroxyl groups is 1. The Morgan fingerprint density at radius 3 is 2.68 bits per heavy atom. The van der Waals surface area contributed by atoms with Crippen molar-refractivity contribution in [2.45, 2.75) is 38.6 Å². The predicted octanol–water partition coefficient (Wildman–Crippen LogP) is 2.84. The molecule has 3 N–H and O–H groups in total. The van der Waals surface area contributed by atoms with Crippen molar-refractivity contribution in [2.24, 2.45) is 11.8 Å². The molecule has 0 amide bonds. The van der Waals surface area contributed by atoms with Crippen LogP contribution in [0.5, 0.6) is 5.75 Å². The lowest BCUT2D eigenvalue weighted by atomic mass is 9.95. The first kappa shape index (κ1) is 14.4. The quantitative estimate of drug-likeness (QED) is 0.739. The SMILES string of the molecule is CCC(NCC1CCCC1CO)c1ccccc1O. The smallest absolute Gasteiger partial charge is 0.120 e. The molecule has 1 aromatic rings. The van der Waals surface area contributed by atoms with Gasteiger partial charge in [-0.2, -0.15) is 0 Å². The van der Waals surface area contributed by atoms with Crippen molar-refractivity contribution in [1.82, 2.24) is 5.32 Å². The molecular formula is C16H25NO2. The number of hydrogen-bond donors (Lipinski definition) is 3. The minimum atomic E-state index is 0.196. The number of benzene rings is 1. The lowest BCUT2D eigenvalue weighted by molar-refractivity contribution is 0.190. The third-order valence-corrected chi connectivity index (χ3v) is 4.40. The Labute approximate surface area is 115 Å². The van der Waals surface area contributed by atoms with Crippen LogP contribution in [0.25, 0.3) is 0 Å². The zero-order valence-electron chi connectivity index (χ0n) is 11.7. The second-order valence-corrected chi connectivity index (χ2v) is 5.56. The molecule has 19 heavy (non-hydrogen) atoms. The van der Waals surface area contributed by atoms with Crippen molar-refractivity contribution in [2.75, 3.05) is 13.2 Å². The van der Waals surface area contributed by atoms with Crippen LogP contribution in [-0.4, -0.2) is 23.4 Å². The van der Waals surface area contributed by atoms with E-state index >= 15 is 0 Å². The van der Waals surface area contributed by atoms with E-state index in [2.05, 4.69) is 12.2 Å². The average Bonchev–Trinajstić information content (AvgIpc) is 2.88. The summed E-state index contributed by atoms with van der Waals surface area (Å²) in [5, 5.41) is 22.8. The molecule has 0 bridgehead atoms. The zero-order chi connectivity index (χ0) is 13.7. The molecule has 0 aliphatic heterocycles. The number of hydrogen-bond acceptors (Lipinski definition) is 3. The number of para-hydroxylation sites is 1. The van der Waals surface area contributed by atoms with E-state index < -0.39 is 0 Å². The highest BCUT2D eigenvalue weighted by atomic mass is 16.3. The molecule has 0 saturated heterocycles. The van der Waals surface area contributed by atoms with Gasteiger partial charge in [0.05, 0.1) is 0 Å². The van der Waals surface area contributed by atoms with Gasteiger partial charge in [0.25, 0.3) is 0 Å². The van der Waals surface area contributed by atoms with Crippen LogP contribution in [0.2, 0.25) is 0 Å². The van der Waals surface area contributed by atoms with Gasteiger partial charge in [-0.15, -0.1) is 0 Å². The molecule has 1 fully saturated rings. The fraction of sp³-hybridized carbons (Fsp3) is 0.625. The summed E-state index contributed by atoms with van der Waals surface area (Å²) in [6, 6.07) is 7.73. The highest BCUT2D eigenvalue weighted by Crippen LogP contribution is 2.32. The number of nitrogens with one attached hydrogen (secondary N) is 1. The molecule has 0 heterocycles. The molecule has 3 nitrogen and oxygen atoms in total. The van der Waals surface area contributed by atoms with E-state index in [1.165, 1.54) is 12.8 Å². The van der Waals surface area contributed by atoms with Crippen LogP contribution in [-0.2, 0) is 0 Å². The first-order valence-corrected chi connectivity index (χ1v) is 7.38. The van der Waals surface area contributed by atoms with E-state index in [0.717, 1.165) is 24.9 Å². The van der Waals surface area contributed by atoms with E-state index in [9.17, 15) is 10.2 Å². The summed E-state index contributed by atoms with van der Waals surface area (Å²) >= 11 is 0. The van der Waals surface area contributed by atoms with Crippen molar-refractivity contribution >= 4 is 0 Å². The largest absolute Gasteiger partial charge is 0.508 e. The lowest BCUT2D eigenvalue weighted by Crippen LogP contribution is -2.30. The number of aromatic hydroxyl groups is 1. The minimum Gasteiger partial charge on any atom is -0.508 e. The summed E-state index contributed by atoms with van der Waals surface area (Å²) in [5.41, 5.74) is 0.976. The van der Waals surface area contributed by atoms with Gasteiger partial charge in [-0.25, -0.2) is 0 Å². The van der Waals surface area contributed by atoms with Gasteiger partial charge < -0.3 is 15.5 Å². The van der Waals surface area contributed by atoms with Crippen LogP contribution >= 0.6 is 0 Å². The fourth-order valence-electron chi connectivity index (χ4n) is 3.17. The van der Waals surface area contributed by atoms with Gasteiger partial charge in [-0.05, 0) is 43.7 Å². The first-order valence-electron chi connectivity index (χ1n) is 7.38. The second-order valence-electron chi connectivity index (χ2n) is 5.56. The average molecular weight is 263 g/mol. The van der Waals surface area contributed by atoms with Gasteiger partial charge >= 0.3 is 0 Å². The Morgan fingerprint density at radius 1 is 1.26 bits per heavy atom. The molecular weight excluding hydrogens is 238 g/mol. The van der Waals surface area contributed by atoms with Crippen molar-refractivity contribution in [3.8, 4) is 5.75 Å². The zero-order valence-corrected chi connectivity index (χ0v) is 11.7. The Kier molecular flexibility index (Phi) is 5.23. The summed E-state index contributed by atoms with van der Waals surface area (Å²) in [6.45, 7) is 3.36. The molecule has 3 heteroatoms. The fourth-order valence-corrected chi connectivity index (χ4v) is 3.17. The van der Waals surface area contributed by atoms with E-state index in [4.69, 9.17) is 0 Å². The molecule has 1 aromatic carbocycles. The predicted molar refractivity (Wildman–Crippen MR) is 77.1 cm³/mol. The number of phenolic OH excluding ortho intramolecular Hbond substituents is 1. The lowest BCUT2D eigenvalue weighted by Gasteiger charge is -2.23. The van der Waals surface area contributed by atoms with Crippen LogP contribution in [0.1, 0.15) is 44.2 Å². The van der Waals surface area contributed by atoms with Crippen molar-refractivity contribution < 1.29 is 10.2 Å². The summed E-state index contributed by atoms with van der Waals surface area (Å²) in [7, 11) is 0. The molecule has 3 unspecified atom stereocenters. The van der Waals surface area contributed by atoms with Crippen LogP contribution in [0.4, 0.5) is 0 Å². The molecule has 0 spiro atoms. The Morgan fingerprint density at radius 2 is 2.00 bits per heavy atom. The first-order chi connectivity index (χ1) is 9.26. The normalized spacial score (nSPS) is 24.5. The maximum absolute atomic E-state index is 9.92. The van der Waals surface area contributed by atoms with Crippen molar-refractivity contribution in [3.63, 3.8) is 0 Å². The van der Waals surface area contributed by atoms with Crippen LogP contribution in [0, 0.1) is 11.8 Å². The molecule has 1 saturated carbocycles. The Bertz CT molecular complexity index is 394. The van der Waals surface area contributed by atoms with E-state index in [1.54, 1.807) is 6.07 Å². The molecule has 1 aliphatic rings. The topological polar surface area (TPSA) is 52.5 Å². The summed E-state index contributed by atoms with van der Waals surface area (Å²) in [6.07, 6.45) is 4.53. The minimum absolute atomic E-state index is 0.196. The highest BCUT2D eigenvalue weighted by molar-refractivity contribution is 5.34. The van der Waals surface area contributed by atoms with E-state index in [1.807, 2.05) is 18.2 Å². The van der Waals surface area contributed by atoms with Crippen molar-refractivity contribution in [3.05, 3.63) is 29.8 Å². The molecule has 2 rings (SSSR count). The number of rotatable bonds is 6. The molecule has 1 aliphatic carbocycles. The third kappa shape index (κ3) is 3.48. The van der Waals surface area contributed by atoms with Gasteiger partial charge in [-0.3, -0.25) is 0 Å². The van der Waals surface area contributed by atoms with Crippen LogP contribution < -0.4 is 5.32 Å². The third-order valence-electron chi connectivity index (χ3n) is 4.40. The highest BCUT2D eigenvalue weighted by Gasteiger charge is 2.27. The number of phenols is 1. The Balaban J connectivity index is 1.95. The van der Waals surface area contributed by atoms with Gasteiger partial charge in [0.15, 0.2) is 0 Å². The molecule has 106 valence electrons. The monoisotopic (exact) mass is 263 g/mol. The van der Waals surface area contributed by atoms with E-state index in [-0.39, 0.29) is 6.04 Å². The van der Waals surface area contributed by atoms with Crippen molar-refractivity contribution in [1.29, 1.82) is 0 Å². The van der Waals surface area contributed by atoms with Gasteiger partial charge in [0, 0.05) is 18.2 Å².